The molecule has 4 rings (SSSR count). The molecule has 1 aromatic heterocycles. The van der Waals surface area contributed by atoms with Crippen LogP contribution in [0.25, 0.3) is 11.0 Å². The van der Waals surface area contributed by atoms with Crippen molar-refractivity contribution in [2.75, 3.05) is 0 Å². The molecule has 0 saturated heterocycles. The van der Waals surface area contributed by atoms with Crippen LogP contribution < -0.4 is 0 Å². The maximum Gasteiger partial charge on any atom is 0.123 e. The van der Waals surface area contributed by atoms with Gasteiger partial charge in [-0.3, -0.25) is 0 Å². The van der Waals surface area contributed by atoms with Gasteiger partial charge in [0.05, 0.1) is 11.0 Å². The molecule has 5 heteroatoms. The highest BCUT2D eigenvalue weighted by Crippen LogP contribution is 2.54. The van der Waals surface area contributed by atoms with Crippen LogP contribution in [-0.4, -0.2) is 13.9 Å². The summed E-state index contributed by atoms with van der Waals surface area (Å²) in [5, 5.41) is 0.745. The van der Waals surface area contributed by atoms with Gasteiger partial charge in [-0.25, -0.2) is 4.98 Å². The Morgan fingerprint density at radius 3 is 2.48 bits per heavy atom. The summed E-state index contributed by atoms with van der Waals surface area (Å²) in [6.07, 6.45) is 1.60. The average molecular weight is 366 g/mol. The number of hydrogen-bond acceptors (Lipinski definition) is 1. The standard InChI is InChI=1S/C18H15Cl3N2/c19-14-7-5-12(6-8-14)9-17-22-15-3-1-2-4-16(15)23(17)11-13-10-18(13,20)21/h1-8,13H,9-11H2. The number of aromatic nitrogens is 2. The first-order valence-corrected chi connectivity index (χ1v) is 8.73. The predicted octanol–water partition coefficient (Wildman–Crippen LogP) is 5.47. The van der Waals surface area contributed by atoms with Crippen molar-refractivity contribution >= 4 is 45.8 Å². The molecule has 23 heavy (non-hydrogen) atoms. The smallest absolute Gasteiger partial charge is 0.123 e. The maximum absolute atomic E-state index is 6.22. The lowest BCUT2D eigenvalue weighted by Gasteiger charge is -2.10. The molecule has 1 saturated carbocycles. The Bertz CT molecular complexity index is 852. The van der Waals surface area contributed by atoms with E-state index in [1.54, 1.807) is 0 Å². The van der Waals surface area contributed by atoms with Gasteiger partial charge in [0.1, 0.15) is 10.2 Å². The minimum absolute atomic E-state index is 0.285. The molecule has 1 atom stereocenters. The molecule has 0 radical (unpaired) electrons. The van der Waals surface area contributed by atoms with Gasteiger partial charge in [0.15, 0.2) is 0 Å². The first kappa shape index (κ1) is 15.3. The van der Waals surface area contributed by atoms with Crippen LogP contribution in [0.1, 0.15) is 17.8 Å². The van der Waals surface area contributed by atoms with E-state index in [9.17, 15) is 0 Å². The van der Waals surface area contributed by atoms with Crippen LogP contribution in [0.2, 0.25) is 5.02 Å². The second-order valence-electron chi connectivity index (χ2n) is 6.09. The highest BCUT2D eigenvalue weighted by Gasteiger charge is 2.51. The molecule has 1 aliphatic carbocycles. The summed E-state index contributed by atoms with van der Waals surface area (Å²) < 4.78 is 1.67. The number of imidazole rings is 1. The molecule has 1 unspecified atom stereocenters. The molecule has 2 aromatic carbocycles. The zero-order chi connectivity index (χ0) is 16.0. The summed E-state index contributed by atoms with van der Waals surface area (Å²) in [4.78, 5) is 4.80. The van der Waals surface area contributed by atoms with E-state index in [2.05, 4.69) is 10.6 Å². The Hall–Kier alpha value is -1.22. The topological polar surface area (TPSA) is 17.8 Å². The fourth-order valence-corrected chi connectivity index (χ4v) is 3.57. The van der Waals surface area contributed by atoms with Gasteiger partial charge in [-0.1, -0.05) is 35.9 Å². The predicted molar refractivity (Wildman–Crippen MR) is 96.5 cm³/mol. The normalized spacial score (nSPS) is 19.2. The largest absolute Gasteiger partial charge is 0.327 e. The highest BCUT2D eigenvalue weighted by atomic mass is 35.5. The van der Waals surface area contributed by atoms with Gasteiger partial charge in [0.25, 0.3) is 0 Å². The number of nitrogens with zero attached hydrogens (tertiary/aromatic N) is 2. The van der Waals surface area contributed by atoms with Gasteiger partial charge < -0.3 is 4.57 Å². The first-order valence-electron chi connectivity index (χ1n) is 7.59. The lowest BCUT2D eigenvalue weighted by molar-refractivity contribution is 0.612. The van der Waals surface area contributed by atoms with Crippen LogP contribution in [0, 0.1) is 5.92 Å². The average Bonchev–Trinajstić information content (AvgIpc) is 2.98. The Balaban J connectivity index is 1.71. The van der Waals surface area contributed by atoms with E-state index < -0.39 is 4.33 Å². The quantitative estimate of drug-likeness (QED) is 0.560. The number of para-hydroxylation sites is 2. The second-order valence-corrected chi connectivity index (χ2v) is 8.07. The van der Waals surface area contributed by atoms with Gasteiger partial charge in [0, 0.05) is 23.9 Å². The first-order chi connectivity index (χ1) is 11.0. The molecule has 1 aliphatic rings. The minimum atomic E-state index is -0.580. The van der Waals surface area contributed by atoms with Crippen molar-refractivity contribution in [3.05, 3.63) is 64.9 Å². The Kier molecular flexibility index (Phi) is 3.79. The molecular formula is C18H15Cl3N2. The lowest BCUT2D eigenvalue weighted by Crippen LogP contribution is -2.08. The van der Waals surface area contributed by atoms with Crippen molar-refractivity contribution < 1.29 is 0 Å². The van der Waals surface area contributed by atoms with E-state index >= 15 is 0 Å². The van der Waals surface area contributed by atoms with Gasteiger partial charge in [-0.05, 0) is 36.2 Å². The second kappa shape index (κ2) is 5.70. The van der Waals surface area contributed by atoms with Crippen molar-refractivity contribution in [1.82, 2.24) is 9.55 Å². The van der Waals surface area contributed by atoms with Gasteiger partial charge in [-0.15, -0.1) is 23.2 Å². The molecule has 3 aromatic rings. The van der Waals surface area contributed by atoms with Crippen molar-refractivity contribution in [2.45, 2.75) is 23.7 Å². The number of rotatable bonds is 4. The van der Waals surface area contributed by atoms with E-state index in [0.717, 1.165) is 41.3 Å². The zero-order valence-electron chi connectivity index (χ0n) is 12.3. The molecule has 1 heterocycles. The van der Waals surface area contributed by atoms with Gasteiger partial charge in [0.2, 0.25) is 0 Å². The molecular weight excluding hydrogens is 351 g/mol. The number of halogens is 3. The van der Waals surface area contributed by atoms with Crippen molar-refractivity contribution in [3.63, 3.8) is 0 Å². The van der Waals surface area contributed by atoms with E-state index in [1.807, 2.05) is 42.5 Å². The molecule has 1 fully saturated rings. The molecule has 0 spiro atoms. The van der Waals surface area contributed by atoms with E-state index in [1.165, 1.54) is 5.56 Å². The summed E-state index contributed by atoms with van der Waals surface area (Å²) in [5.41, 5.74) is 3.32. The summed E-state index contributed by atoms with van der Waals surface area (Å²) in [6, 6.07) is 16.1. The van der Waals surface area contributed by atoms with Crippen LogP contribution >= 0.6 is 34.8 Å². The van der Waals surface area contributed by atoms with Gasteiger partial charge in [-0.2, -0.15) is 0 Å². The molecule has 2 nitrogen and oxygen atoms in total. The number of hydrogen-bond donors (Lipinski definition) is 0. The lowest BCUT2D eigenvalue weighted by atomic mass is 10.1. The van der Waals surface area contributed by atoms with Gasteiger partial charge >= 0.3 is 0 Å². The molecule has 0 amide bonds. The Morgan fingerprint density at radius 2 is 1.78 bits per heavy atom. The summed E-state index contributed by atoms with van der Waals surface area (Å²) in [5.74, 6) is 1.32. The molecule has 0 bridgehead atoms. The Morgan fingerprint density at radius 1 is 1.09 bits per heavy atom. The number of benzene rings is 2. The van der Waals surface area contributed by atoms with Crippen LogP contribution in [0.3, 0.4) is 0 Å². The summed E-state index contributed by atoms with van der Waals surface area (Å²) >= 11 is 18.4. The third-order valence-corrected chi connectivity index (χ3v) is 5.55. The van der Waals surface area contributed by atoms with E-state index in [0.29, 0.717) is 0 Å². The fourth-order valence-electron chi connectivity index (χ4n) is 2.94. The summed E-state index contributed by atoms with van der Waals surface area (Å²) in [7, 11) is 0. The number of alkyl halides is 2. The minimum Gasteiger partial charge on any atom is -0.327 e. The number of fused-ring (bicyclic) bond motifs is 1. The van der Waals surface area contributed by atoms with Crippen LogP contribution in [-0.2, 0) is 13.0 Å². The van der Waals surface area contributed by atoms with E-state index in [4.69, 9.17) is 39.8 Å². The fraction of sp³-hybridized carbons (Fsp3) is 0.278. The Labute approximate surface area is 150 Å². The third kappa shape index (κ3) is 3.08. The molecule has 0 aliphatic heterocycles. The van der Waals surface area contributed by atoms with Crippen molar-refractivity contribution in [1.29, 1.82) is 0 Å². The van der Waals surface area contributed by atoms with Crippen LogP contribution in [0.5, 0.6) is 0 Å². The van der Waals surface area contributed by atoms with Crippen LogP contribution in [0.4, 0.5) is 0 Å². The van der Waals surface area contributed by atoms with Crippen LogP contribution in [0.15, 0.2) is 48.5 Å². The maximum atomic E-state index is 6.22. The highest BCUT2D eigenvalue weighted by molar-refractivity contribution is 6.50. The molecule has 0 N–H and O–H groups in total. The summed E-state index contributed by atoms with van der Waals surface area (Å²) in [6.45, 7) is 0.802. The SMILES string of the molecule is Clc1ccc(Cc2nc3ccccc3n2CC2CC2(Cl)Cl)cc1. The monoisotopic (exact) mass is 364 g/mol. The van der Waals surface area contributed by atoms with E-state index in [-0.39, 0.29) is 5.92 Å². The third-order valence-electron chi connectivity index (χ3n) is 4.37. The molecule has 118 valence electrons. The van der Waals surface area contributed by atoms with Crippen molar-refractivity contribution in [3.8, 4) is 0 Å². The zero-order valence-corrected chi connectivity index (χ0v) is 14.6. The van der Waals surface area contributed by atoms with Crippen molar-refractivity contribution in [2.24, 2.45) is 5.92 Å².